The summed E-state index contributed by atoms with van der Waals surface area (Å²) in [6.45, 7) is 2.32. The lowest BCUT2D eigenvalue weighted by Crippen LogP contribution is -2.10. The van der Waals surface area contributed by atoms with Crippen LogP contribution in [0, 0.1) is 17.2 Å². The normalized spacial score (nSPS) is 14.8. The molecule has 2 unspecified atom stereocenters. The largest absolute Gasteiger partial charge is 0.308 e. The Labute approximate surface area is 540 Å². The molecule has 0 spiro atoms. The van der Waals surface area contributed by atoms with E-state index in [0.29, 0.717) is 23.1 Å². The maximum atomic E-state index is 10.8. The lowest BCUT2D eigenvalue weighted by atomic mass is 9.81. The third-order valence-electron chi connectivity index (χ3n) is 21.1. The minimum Gasteiger partial charge on any atom is -0.308 e. The van der Waals surface area contributed by atoms with Crippen molar-refractivity contribution in [2.75, 3.05) is 0 Å². The second-order valence-electron chi connectivity index (χ2n) is 25.9. The first-order valence-electron chi connectivity index (χ1n) is 32.6. The molecule has 8 aromatic heterocycles. The van der Waals surface area contributed by atoms with Crippen molar-refractivity contribution in [1.82, 2.24) is 37.9 Å². The molecule has 9 heteroatoms. The molecule has 0 N–H and O–H groups in total. The Kier molecular flexibility index (Phi) is 9.90. The highest BCUT2D eigenvalue weighted by Gasteiger charge is 2.31. The minimum absolute atomic E-state index is 0.232. The van der Waals surface area contributed by atoms with E-state index in [1.54, 1.807) is 0 Å². The Morgan fingerprint density at radius 3 is 1.61 bits per heavy atom. The number of rotatable bonds is 5. The highest BCUT2D eigenvalue weighted by molar-refractivity contribution is 6.39. The molecule has 95 heavy (non-hydrogen) atoms. The van der Waals surface area contributed by atoms with Gasteiger partial charge in [0.2, 0.25) is 11.9 Å². The molecule has 0 radical (unpaired) electrons. The number of hydrogen-bond donors (Lipinski definition) is 0. The van der Waals surface area contributed by atoms with Crippen LogP contribution in [0.3, 0.4) is 0 Å². The summed E-state index contributed by atoms with van der Waals surface area (Å²) < 4.78 is 9.63. The third-order valence-corrected chi connectivity index (χ3v) is 21.1. The summed E-state index contributed by atoms with van der Waals surface area (Å²) in [6, 6.07) is 92.6. The molecule has 21 aromatic rings. The zero-order valence-corrected chi connectivity index (χ0v) is 51.1. The standard InChI is InChI=1S/C86H49N9/c1-47-43-50(37-39-51(47)48-19-3-2-4-20-48)79-60-26-8-13-33-68(60)89-86(91-79)95-74-42-40-54-53(28-17-29-57(54)76(74)66-44-63-55-23-9-14-34-70(55)92-72-36-16-11-27-61(72)77(81(63)92)83(66)95)58-30-18-31-62-78-82-64(56-24-10-15-35-71(56)93(82)80(58)62)45-65-75-52-22-6-5-21-49(52)38-41-73(75)94(84(65)78)85-88-67-32-12-7-25-59(67)69(46-87)90-85/h2-45,47,51H,1H3. The molecular weight excluding hydrogens is 1160 g/mol. The minimum atomic E-state index is 0.232. The second-order valence-corrected chi connectivity index (χ2v) is 25.9. The summed E-state index contributed by atoms with van der Waals surface area (Å²) >= 11 is 0. The van der Waals surface area contributed by atoms with Gasteiger partial charge in [-0.15, -0.1) is 0 Å². The van der Waals surface area contributed by atoms with E-state index in [1.807, 2.05) is 24.3 Å². The number of fused-ring (bicyclic) bond motifs is 26. The van der Waals surface area contributed by atoms with Crippen LogP contribution in [0.5, 0.6) is 0 Å². The number of para-hydroxylation sites is 6. The van der Waals surface area contributed by atoms with Crippen molar-refractivity contribution in [2.24, 2.45) is 5.92 Å². The van der Waals surface area contributed by atoms with E-state index in [2.05, 4.69) is 274 Å². The lowest BCUT2D eigenvalue weighted by Gasteiger charge is -2.24. The van der Waals surface area contributed by atoms with Crippen LogP contribution in [-0.4, -0.2) is 37.9 Å². The number of aromatic nitrogens is 8. The van der Waals surface area contributed by atoms with E-state index >= 15 is 0 Å². The zero-order chi connectivity index (χ0) is 62.1. The third kappa shape index (κ3) is 6.59. The summed E-state index contributed by atoms with van der Waals surface area (Å²) in [7, 11) is 0. The van der Waals surface area contributed by atoms with Crippen molar-refractivity contribution >= 4 is 169 Å². The summed E-state index contributed by atoms with van der Waals surface area (Å²) in [6.07, 6.45) is 7.05. The molecule has 0 aliphatic heterocycles. The van der Waals surface area contributed by atoms with Crippen LogP contribution < -0.4 is 0 Å². The topological polar surface area (TPSA) is 94.0 Å². The molecule has 0 saturated carbocycles. The number of benzene rings is 13. The molecule has 1 aliphatic carbocycles. The summed E-state index contributed by atoms with van der Waals surface area (Å²) in [4.78, 5) is 21.9. The van der Waals surface area contributed by atoms with E-state index in [0.717, 1.165) is 137 Å². The molecule has 0 saturated heterocycles. The van der Waals surface area contributed by atoms with E-state index in [4.69, 9.17) is 19.9 Å². The molecule has 8 heterocycles. The van der Waals surface area contributed by atoms with Crippen LogP contribution in [0.15, 0.2) is 267 Å². The monoisotopic (exact) mass is 1210 g/mol. The highest BCUT2D eigenvalue weighted by atomic mass is 15.2. The Morgan fingerprint density at radius 2 is 0.895 bits per heavy atom. The van der Waals surface area contributed by atoms with Gasteiger partial charge in [-0.25, -0.2) is 19.9 Å². The van der Waals surface area contributed by atoms with Gasteiger partial charge in [-0.3, -0.25) is 9.13 Å². The molecule has 13 aromatic carbocycles. The van der Waals surface area contributed by atoms with Gasteiger partial charge in [0.1, 0.15) is 6.07 Å². The van der Waals surface area contributed by atoms with Gasteiger partial charge >= 0.3 is 0 Å². The summed E-state index contributed by atoms with van der Waals surface area (Å²) in [5.74, 6) is 1.56. The van der Waals surface area contributed by atoms with Crippen molar-refractivity contribution in [2.45, 2.75) is 12.8 Å². The fraction of sp³-hybridized carbons (Fsp3) is 0.0349. The van der Waals surface area contributed by atoms with Gasteiger partial charge in [0.05, 0.1) is 71.9 Å². The fourth-order valence-electron chi connectivity index (χ4n) is 17.3. The molecule has 1 aliphatic rings. The molecule has 9 nitrogen and oxygen atoms in total. The number of nitrogens with zero attached hydrogens (tertiary/aromatic N) is 9. The van der Waals surface area contributed by atoms with E-state index in [9.17, 15) is 5.26 Å². The van der Waals surface area contributed by atoms with Crippen LogP contribution in [0.4, 0.5) is 0 Å². The van der Waals surface area contributed by atoms with Crippen LogP contribution in [0.2, 0.25) is 0 Å². The van der Waals surface area contributed by atoms with Crippen molar-refractivity contribution < 1.29 is 0 Å². The van der Waals surface area contributed by atoms with Gasteiger partial charge < -0.3 is 8.80 Å². The Balaban J connectivity index is 0.860. The lowest BCUT2D eigenvalue weighted by molar-refractivity contribution is 0.637. The van der Waals surface area contributed by atoms with Gasteiger partial charge in [-0.1, -0.05) is 213 Å². The van der Waals surface area contributed by atoms with Crippen molar-refractivity contribution in [3.05, 3.63) is 284 Å². The first kappa shape index (κ1) is 50.9. The molecule has 2 atom stereocenters. The van der Waals surface area contributed by atoms with Gasteiger partial charge in [0.15, 0.2) is 5.69 Å². The highest BCUT2D eigenvalue weighted by Crippen LogP contribution is 2.52. The number of nitriles is 1. The van der Waals surface area contributed by atoms with Crippen LogP contribution in [0.1, 0.15) is 29.8 Å². The molecule has 0 amide bonds. The molecule has 0 fully saturated rings. The smallest absolute Gasteiger partial charge is 0.236 e. The fourth-order valence-corrected chi connectivity index (χ4v) is 17.3. The number of allylic oxidation sites excluding steroid dienone is 4. The average Bonchev–Trinajstić information content (AvgIpc) is 1.52. The molecule has 438 valence electrons. The van der Waals surface area contributed by atoms with Gasteiger partial charge in [0.25, 0.3) is 0 Å². The van der Waals surface area contributed by atoms with Crippen LogP contribution in [-0.2, 0) is 0 Å². The Morgan fingerprint density at radius 1 is 0.358 bits per heavy atom. The summed E-state index contributed by atoms with van der Waals surface area (Å²) in [5.41, 5.74) is 18.5. The van der Waals surface area contributed by atoms with Crippen LogP contribution in [0.25, 0.3) is 192 Å². The van der Waals surface area contributed by atoms with Gasteiger partial charge in [-0.2, -0.15) is 5.26 Å². The van der Waals surface area contributed by atoms with Crippen molar-refractivity contribution in [1.29, 1.82) is 5.26 Å². The predicted octanol–water partition coefficient (Wildman–Crippen LogP) is 21.3. The van der Waals surface area contributed by atoms with E-state index < -0.39 is 0 Å². The quantitative estimate of drug-likeness (QED) is 0.171. The SMILES string of the molecule is CC1C=C(c2nc(-n3c4ccc5c(-c6cccc7c8c9c(cc%10c%11ccccc%11n(c67)c%108)c6c7ccccc7ccc6n9-c6nc(C#N)c7ccccc7n6)cccc5c4c4cc5c6ccccc6n6c7ccccc7c(c43)c56)nc3ccccc23)C=CC1c1ccccc1. The van der Waals surface area contributed by atoms with Crippen molar-refractivity contribution in [3.8, 4) is 29.1 Å². The molecule has 22 rings (SSSR count). The van der Waals surface area contributed by atoms with E-state index in [1.165, 1.54) is 48.9 Å². The summed E-state index contributed by atoms with van der Waals surface area (Å²) in [5, 5.41) is 30.9. The Hall–Kier alpha value is -12.8. The first-order chi connectivity index (χ1) is 47.0. The van der Waals surface area contributed by atoms with Crippen LogP contribution >= 0.6 is 0 Å². The average molecular weight is 1210 g/mol. The van der Waals surface area contributed by atoms with E-state index in [-0.39, 0.29) is 11.8 Å². The van der Waals surface area contributed by atoms with Crippen molar-refractivity contribution in [3.63, 3.8) is 0 Å². The van der Waals surface area contributed by atoms with Gasteiger partial charge in [0, 0.05) is 86.9 Å². The Bertz CT molecular complexity index is 7130. The number of hydrogen-bond acceptors (Lipinski definition) is 5. The predicted molar refractivity (Wildman–Crippen MR) is 391 cm³/mol. The van der Waals surface area contributed by atoms with Gasteiger partial charge in [-0.05, 0) is 105 Å². The zero-order valence-electron chi connectivity index (χ0n) is 51.1. The first-order valence-corrected chi connectivity index (χ1v) is 32.6. The molecular formula is C86H49N9. The maximum absolute atomic E-state index is 10.8. The second kappa shape index (κ2) is 18.5. The molecule has 0 bridgehead atoms. The maximum Gasteiger partial charge on any atom is 0.236 e.